The van der Waals surface area contributed by atoms with Crippen LogP contribution in [0.3, 0.4) is 0 Å². The number of hydrogen-bond donors (Lipinski definition) is 1. The molecule has 144 valence electrons. The minimum absolute atomic E-state index is 0.0437. The second-order valence-electron chi connectivity index (χ2n) is 6.56. The molecule has 5 nitrogen and oxygen atoms in total. The van der Waals surface area contributed by atoms with E-state index in [0.717, 1.165) is 48.2 Å². The fourth-order valence-corrected chi connectivity index (χ4v) is 3.95. The summed E-state index contributed by atoms with van der Waals surface area (Å²) in [5.74, 6) is 0.938. The SMILES string of the molecule is COc1ccccc1N1CCN(C(C)C(=O)Nc2ccccc2SC)CC1. The number of rotatable bonds is 6. The molecule has 0 radical (unpaired) electrons. The molecular weight excluding hydrogens is 358 g/mol. The van der Waals surface area contributed by atoms with Gasteiger partial charge in [0.1, 0.15) is 5.75 Å². The first kappa shape index (κ1) is 19.6. The lowest BCUT2D eigenvalue weighted by atomic mass is 10.2. The summed E-state index contributed by atoms with van der Waals surface area (Å²) in [7, 11) is 1.70. The highest BCUT2D eigenvalue weighted by Gasteiger charge is 2.26. The molecule has 1 aliphatic rings. The van der Waals surface area contributed by atoms with Gasteiger partial charge in [-0.15, -0.1) is 11.8 Å². The standard InChI is InChI=1S/C21H27N3O2S/c1-16(21(25)22-17-8-4-7-11-20(17)27-3)23-12-14-24(15-13-23)18-9-5-6-10-19(18)26-2/h4-11,16H,12-15H2,1-3H3,(H,22,25). The van der Waals surface area contributed by atoms with Crippen LogP contribution in [0.15, 0.2) is 53.4 Å². The minimum Gasteiger partial charge on any atom is -0.495 e. The van der Waals surface area contributed by atoms with Crippen LogP contribution in [0.4, 0.5) is 11.4 Å². The molecule has 1 atom stereocenters. The van der Waals surface area contributed by atoms with Gasteiger partial charge in [-0.2, -0.15) is 0 Å². The minimum atomic E-state index is -0.167. The highest BCUT2D eigenvalue weighted by Crippen LogP contribution is 2.29. The predicted molar refractivity (Wildman–Crippen MR) is 113 cm³/mol. The van der Waals surface area contributed by atoms with E-state index in [9.17, 15) is 4.79 Å². The Kier molecular flexibility index (Phi) is 6.63. The molecule has 6 heteroatoms. The summed E-state index contributed by atoms with van der Waals surface area (Å²) in [6.45, 7) is 5.42. The lowest BCUT2D eigenvalue weighted by Crippen LogP contribution is -2.52. The van der Waals surface area contributed by atoms with Gasteiger partial charge in [0.15, 0.2) is 0 Å². The Labute approximate surface area is 165 Å². The van der Waals surface area contributed by atoms with Gasteiger partial charge in [-0.05, 0) is 37.4 Å². The summed E-state index contributed by atoms with van der Waals surface area (Å²) in [5, 5.41) is 3.08. The van der Waals surface area contributed by atoms with E-state index in [-0.39, 0.29) is 11.9 Å². The number of benzene rings is 2. The van der Waals surface area contributed by atoms with Crippen molar-refractivity contribution in [3.63, 3.8) is 0 Å². The number of ether oxygens (including phenoxy) is 1. The smallest absolute Gasteiger partial charge is 0.241 e. The Morgan fingerprint density at radius 1 is 1.07 bits per heavy atom. The van der Waals surface area contributed by atoms with Gasteiger partial charge >= 0.3 is 0 Å². The molecule has 1 heterocycles. The Morgan fingerprint density at radius 2 is 1.74 bits per heavy atom. The van der Waals surface area contributed by atoms with Crippen molar-refractivity contribution in [1.82, 2.24) is 4.90 Å². The molecule has 1 aliphatic heterocycles. The molecule has 27 heavy (non-hydrogen) atoms. The van der Waals surface area contributed by atoms with Gasteiger partial charge in [0.25, 0.3) is 0 Å². The summed E-state index contributed by atoms with van der Waals surface area (Å²) in [6, 6.07) is 15.8. The van der Waals surface area contributed by atoms with Crippen molar-refractivity contribution >= 4 is 29.0 Å². The number of carbonyl (C=O) groups excluding carboxylic acids is 1. The molecule has 0 saturated carbocycles. The van der Waals surface area contributed by atoms with Crippen molar-refractivity contribution in [3.8, 4) is 5.75 Å². The van der Waals surface area contributed by atoms with E-state index in [1.54, 1.807) is 18.9 Å². The summed E-state index contributed by atoms with van der Waals surface area (Å²) in [5.41, 5.74) is 2.00. The maximum Gasteiger partial charge on any atom is 0.241 e. The number of anilines is 2. The maximum atomic E-state index is 12.7. The number of carbonyl (C=O) groups is 1. The molecule has 2 aromatic rings. The topological polar surface area (TPSA) is 44.8 Å². The van der Waals surface area contributed by atoms with Gasteiger partial charge in [0, 0.05) is 31.1 Å². The number of para-hydroxylation sites is 3. The third-order valence-electron chi connectivity index (χ3n) is 5.03. The molecule has 1 amide bonds. The van der Waals surface area contributed by atoms with Gasteiger partial charge in [-0.25, -0.2) is 0 Å². The van der Waals surface area contributed by atoms with Crippen LogP contribution in [0.1, 0.15) is 6.92 Å². The molecular formula is C21H27N3O2S. The van der Waals surface area contributed by atoms with Crippen molar-refractivity contribution < 1.29 is 9.53 Å². The number of thioether (sulfide) groups is 1. The average molecular weight is 386 g/mol. The monoisotopic (exact) mass is 385 g/mol. The van der Waals surface area contributed by atoms with Gasteiger partial charge in [0.2, 0.25) is 5.91 Å². The molecule has 3 rings (SSSR count). The van der Waals surface area contributed by atoms with E-state index in [4.69, 9.17) is 4.74 Å². The molecule has 1 N–H and O–H groups in total. The summed E-state index contributed by atoms with van der Waals surface area (Å²) < 4.78 is 5.48. The van der Waals surface area contributed by atoms with Crippen LogP contribution in [-0.2, 0) is 4.79 Å². The van der Waals surface area contributed by atoms with E-state index < -0.39 is 0 Å². The Morgan fingerprint density at radius 3 is 2.44 bits per heavy atom. The number of hydrogen-bond acceptors (Lipinski definition) is 5. The second-order valence-corrected chi connectivity index (χ2v) is 7.41. The Balaban J connectivity index is 1.59. The van der Waals surface area contributed by atoms with Crippen LogP contribution < -0.4 is 15.0 Å². The first-order chi connectivity index (χ1) is 13.1. The van der Waals surface area contributed by atoms with Crippen LogP contribution in [0.25, 0.3) is 0 Å². The van der Waals surface area contributed by atoms with E-state index in [1.165, 1.54) is 0 Å². The zero-order valence-electron chi connectivity index (χ0n) is 16.1. The average Bonchev–Trinajstić information content (AvgIpc) is 2.73. The first-order valence-electron chi connectivity index (χ1n) is 9.20. The first-order valence-corrected chi connectivity index (χ1v) is 10.4. The second kappa shape index (κ2) is 9.15. The fraction of sp³-hybridized carbons (Fsp3) is 0.381. The van der Waals surface area contributed by atoms with E-state index in [2.05, 4.69) is 21.2 Å². The maximum absolute atomic E-state index is 12.7. The number of piperazine rings is 1. The number of amides is 1. The predicted octanol–water partition coefficient (Wildman–Crippen LogP) is 3.57. The molecule has 0 aliphatic carbocycles. The Bertz CT molecular complexity index is 776. The quantitative estimate of drug-likeness (QED) is 0.770. The Hall–Kier alpha value is -2.18. The number of nitrogens with one attached hydrogen (secondary N) is 1. The van der Waals surface area contributed by atoms with Crippen LogP contribution in [0, 0.1) is 0 Å². The lowest BCUT2D eigenvalue weighted by Gasteiger charge is -2.38. The third-order valence-corrected chi connectivity index (χ3v) is 5.83. The van der Waals surface area contributed by atoms with Crippen molar-refractivity contribution in [2.24, 2.45) is 0 Å². The van der Waals surface area contributed by atoms with Gasteiger partial charge < -0.3 is 15.0 Å². The van der Waals surface area contributed by atoms with Crippen LogP contribution in [-0.4, -0.2) is 56.4 Å². The third kappa shape index (κ3) is 4.57. The molecule has 1 saturated heterocycles. The van der Waals surface area contributed by atoms with Crippen molar-refractivity contribution in [2.45, 2.75) is 17.9 Å². The van der Waals surface area contributed by atoms with Crippen molar-refractivity contribution in [1.29, 1.82) is 0 Å². The summed E-state index contributed by atoms with van der Waals surface area (Å²) in [4.78, 5) is 18.4. The number of methoxy groups -OCH3 is 1. The van der Waals surface area contributed by atoms with Gasteiger partial charge in [-0.3, -0.25) is 9.69 Å². The van der Waals surface area contributed by atoms with Gasteiger partial charge in [0.05, 0.1) is 24.5 Å². The summed E-state index contributed by atoms with van der Waals surface area (Å²) in [6.07, 6.45) is 2.02. The largest absolute Gasteiger partial charge is 0.495 e. The van der Waals surface area contributed by atoms with E-state index in [1.807, 2.05) is 55.6 Å². The van der Waals surface area contributed by atoms with Gasteiger partial charge in [-0.1, -0.05) is 24.3 Å². The van der Waals surface area contributed by atoms with Crippen LogP contribution in [0.5, 0.6) is 5.75 Å². The van der Waals surface area contributed by atoms with E-state index in [0.29, 0.717) is 0 Å². The molecule has 1 fully saturated rings. The fourth-order valence-electron chi connectivity index (χ4n) is 3.39. The zero-order chi connectivity index (χ0) is 19.2. The number of nitrogens with zero attached hydrogens (tertiary/aromatic N) is 2. The summed E-state index contributed by atoms with van der Waals surface area (Å²) >= 11 is 1.64. The van der Waals surface area contributed by atoms with Crippen LogP contribution in [0.2, 0.25) is 0 Å². The molecule has 1 unspecified atom stereocenters. The van der Waals surface area contributed by atoms with Crippen molar-refractivity contribution in [3.05, 3.63) is 48.5 Å². The molecule has 0 spiro atoms. The van der Waals surface area contributed by atoms with E-state index >= 15 is 0 Å². The molecule has 2 aromatic carbocycles. The van der Waals surface area contributed by atoms with Crippen LogP contribution >= 0.6 is 11.8 Å². The lowest BCUT2D eigenvalue weighted by molar-refractivity contribution is -0.120. The van der Waals surface area contributed by atoms with Crippen molar-refractivity contribution in [2.75, 3.05) is 49.8 Å². The highest BCUT2D eigenvalue weighted by molar-refractivity contribution is 7.98. The normalized spacial score (nSPS) is 16.0. The zero-order valence-corrected chi connectivity index (χ0v) is 17.0. The highest BCUT2D eigenvalue weighted by atomic mass is 32.2. The molecule has 0 bridgehead atoms. The molecule has 0 aromatic heterocycles.